The molecule has 1 aliphatic heterocycles. The Morgan fingerprint density at radius 3 is 2.41 bits per heavy atom. The van der Waals surface area contributed by atoms with Crippen molar-refractivity contribution < 1.29 is 9.53 Å². The second kappa shape index (κ2) is 4.36. The molecule has 0 amide bonds. The minimum atomic E-state index is -0.676. The number of benzene rings is 1. The van der Waals surface area contributed by atoms with Crippen LogP contribution in [0.5, 0.6) is 0 Å². The topological polar surface area (TPSA) is 26.3 Å². The van der Waals surface area contributed by atoms with Crippen molar-refractivity contribution in [3.05, 3.63) is 47.7 Å². The van der Waals surface area contributed by atoms with Gasteiger partial charge in [-0.2, -0.15) is 0 Å². The summed E-state index contributed by atoms with van der Waals surface area (Å²) in [6.45, 7) is 5.89. The highest BCUT2D eigenvalue weighted by Gasteiger charge is 2.42. The molecule has 1 unspecified atom stereocenters. The van der Waals surface area contributed by atoms with Crippen molar-refractivity contribution in [2.45, 2.75) is 32.8 Å². The molecule has 2 rings (SSSR count). The van der Waals surface area contributed by atoms with Crippen molar-refractivity contribution >= 4 is 5.78 Å². The van der Waals surface area contributed by atoms with Crippen LogP contribution in [0.4, 0.5) is 0 Å². The predicted molar refractivity (Wildman–Crippen MR) is 67.6 cm³/mol. The van der Waals surface area contributed by atoms with Crippen LogP contribution in [-0.2, 0) is 16.0 Å². The molecular formula is C15H18O2. The van der Waals surface area contributed by atoms with Gasteiger partial charge in [-0.3, -0.25) is 4.79 Å². The molecule has 0 spiro atoms. The third-order valence-corrected chi connectivity index (χ3v) is 3.45. The van der Waals surface area contributed by atoms with E-state index in [0.717, 1.165) is 5.76 Å². The molecule has 0 saturated carbocycles. The van der Waals surface area contributed by atoms with Crippen LogP contribution in [0.2, 0.25) is 0 Å². The van der Waals surface area contributed by atoms with Crippen LogP contribution < -0.4 is 0 Å². The molecule has 90 valence electrons. The zero-order chi connectivity index (χ0) is 12.5. The van der Waals surface area contributed by atoms with Crippen LogP contribution in [0.3, 0.4) is 0 Å². The van der Waals surface area contributed by atoms with Gasteiger partial charge in [0.25, 0.3) is 0 Å². The molecule has 0 aliphatic carbocycles. The number of hydrogen-bond donors (Lipinski definition) is 0. The summed E-state index contributed by atoms with van der Waals surface area (Å²) >= 11 is 0. The van der Waals surface area contributed by atoms with Gasteiger partial charge in [-0.25, -0.2) is 0 Å². The molecule has 1 aromatic carbocycles. The smallest absolute Gasteiger partial charge is 0.202 e. The van der Waals surface area contributed by atoms with Gasteiger partial charge in [0.1, 0.15) is 5.76 Å². The second-order valence-electron chi connectivity index (χ2n) is 5.00. The van der Waals surface area contributed by atoms with Gasteiger partial charge in [-0.15, -0.1) is 0 Å². The van der Waals surface area contributed by atoms with Crippen molar-refractivity contribution in [3.8, 4) is 0 Å². The maximum Gasteiger partial charge on any atom is 0.202 e. The molecular weight excluding hydrogens is 212 g/mol. The number of ketones is 1. The Bertz CT molecular complexity index is 445. The Labute approximate surface area is 102 Å². The highest BCUT2D eigenvalue weighted by Crippen LogP contribution is 2.32. The molecule has 0 aromatic heterocycles. The molecule has 1 heterocycles. The van der Waals surface area contributed by atoms with E-state index in [1.807, 2.05) is 51.1 Å². The SMILES string of the molecule is CC(C)C1(C)OC(Cc2ccccc2)=CC1=O. The first-order valence-corrected chi connectivity index (χ1v) is 6.00. The fourth-order valence-corrected chi connectivity index (χ4v) is 1.93. The second-order valence-corrected chi connectivity index (χ2v) is 5.00. The summed E-state index contributed by atoms with van der Waals surface area (Å²) in [5.41, 5.74) is 0.490. The van der Waals surface area contributed by atoms with Crippen molar-refractivity contribution in [1.82, 2.24) is 0 Å². The van der Waals surface area contributed by atoms with Gasteiger partial charge in [0.2, 0.25) is 5.78 Å². The third-order valence-electron chi connectivity index (χ3n) is 3.45. The summed E-state index contributed by atoms with van der Waals surface area (Å²) in [5.74, 6) is 1.04. The van der Waals surface area contributed by atoms with Crippen molar-refractivity contribution in [3.63, 3.8) is 0 Å². The van der Waals surface area contributed by atoms with Crippen LogP contribution in [0.1, 0.15) is 26.3 Å². The van der Waals surface area contributed by atoms with Gasteiger partial charge >= 0.3 is 0 Å². The first kappa shape index (κ1) is 11.9. The number of allylic oxidation sites excluding steroid dienone is 1. The van der Waals surface area contributed by atoms with E-state index in [4.69, 9.17) is 4.74 Å². The molecule has 0 N–H and O–H groups in total. The molecule has 0 saturated heterocycles. The van der Waals surface area contributed by atoms with E-state index in [1.165, 1.54) is 5.56 Å². The summed E-state index contributed by atoms with van der Waals surface area (Å²) in [4.78, 5) is 11.9. The average Bonchev–Trinajstić information content (AvgIpc) is 2.57. The van der Waals surface area contributed by atoms with E-state index in [0.29, 0.717) is 6.42 Å². The zero-order valence-corrected chi connectivity index (χ0v) is 10.6. The van der Waals surface area contributed by atoms with Gasteiger partial charge in [0, 0.05) is 18.4 Å². The molecule has 2 heteroatoms. The van der Waals surface area contributed by atoms with E-state index >= 15 is 0 Å². The maximum atomic E-state index is 11.9. The molecule has 1 aromatic rings. The first-order valence-electron chi connectivity index (χ1n) is 6.00. The lowest BCUT2D eigenvalue weighted by Gasteiger charge is -2.27. The molecule has 17 heavy (non-hydrogen) atoms. The Hall–Kier alpha value is -1.57. The molecule has 2 nitrogen and oxygen atoms in total. The molecule has 0 fully saturated rings. The van der Waals surface area contributed by atoms with E-state index in [-0.39, 0.29) is 11.7 Å². The number of carbonyl (C=O) groups is 1. The third kappa shape index (κ3) is 2.26. The molecule has 1 aliphatic rings. The minimum Gasteiger partial charge on any atom is -0.483 e. The normalized spacial score (nSPS) is 23.8. The summed E-state index contributed by atoms with van der Waals surface area (Å²) < 4.78 is 5.84. The fraction of sp³-hybridized carbons (Fsp3) is 0.400. The minimum absolute atomic E-state index is 0.0819. The summed E-state index contributed by atoms with van der Waals surface area (Å²) in [6.07, 6.45) is 2.34. The summed E-state index contributed by atoms with van der Waals surface area (Å²) in [5, 5.41) is 0. The van der Waals surface area contributed by atoms with Gasteiger partial charge < -0.3 is 4.74 Å². The summed E-state index contributed by atoms with van der Waals surface area (Å²) in [7, 11) is 0. The average molecular weight is 230 g/mol. The van der Waals surface area contributed by atoms with Crippen molar-refractivity contribution in [1.29, 1.82) is 0 Å². The standard InChI is InChI=1S/C15H18O2/c1-11(2)15(3)14(16)10-13(17-15)9-12-7-5-4-6-8-12/h4-8,10-11H,9H2,1-3H3. The Morgan fingerprint density at radius 1 is 1.24 bits per heavy atom. The number of rotatable bonds is 3. The predicted octanol–water partition coefficient (Wildman–Crippen LogP) is 3.13. The molecule has 1 atom stereocenters. The number of ether oxygens (including phenoxy) is 1. The zero-order valence-electron chi connectivity index (χ0n) is 10.6. The van der Waals surface area contributed by atoms with Crippen LogP contribution in [-0.4, -0.2) is 11.4 Å². The van der Waals surface area contributed by atoms with Crippen LogP contribution in [0, 0.1) is 5.92 Å². The quantitative estimate of drug-likeness (QED) is 0.797. The largest absolute Gasteiger partial charge is 0.483 e. The van der Waals surface area contributed by atoms with E-state index in [1.54, 1.807) is 6.08 Å². The highest BCUT2D eigenvalue weighted by atomic mass is 16.5. The van der Waals surface area contributed by atoms with E-state index < -0.39 is 5.60 Å². The van der Waals surface area contributed by atoms with Gasteiger partial charge in [0.15, 0.2) is 5.60 Å². The van der Waals surface area contributed by atoms with Gasteiger partial charge in [0.05, 0.1) is 0 Å². The van der Waals surface area contributed by atoms with Crippen LogP contribution in [0.25, 0.3) is 0 Å². The van der Waals surface area contributed by atoms with Crippen LogP contribution >= 0.6 is 0 Å². The van der Waals surface area contributed by atoms with Crippen molar-refractivity contribution in [2.75, 3.05) is 0 Å². The summed E-state index contributed by atoms with van der Waals surface area (Å²) in [6, 6.07) is 10.1. The highest BCUT2D eigenvalue weighted by molar-refractivity contribution is 5.99. The Kier molecular flexibility index (Phi) is 3.05. The Morgan fingerprint density at radius 2 is 1.88 bits per heavy atom. The molecule has 0 radical (unpaired) electrons. The molecule has 0 bridgehead atoms. The number of carbonyl (C=O) groups excluding carboxylic acids is 1. The lowest BCUT2D eigenvalue weighted by Crippen LogP contribution is -2.38. The lowest BCUT2D eigenvalue weighted by atomic mass is 9.89. The number of hydrogen-bond acceptors (Lipinski definition) is 2. The van der Waals surface area contributed by atoms with Crippen molar-refractivity contribution in [2.24, 2.45) is 5.92 Å². The lowest BCUT2D eigenvalue weighted by molar-refractivity contribution is -0.132. The van der Waals surface area contributed by atoms with Gasteiger partial charge in [-0.1, -0.05) is 44.2 Å². The first-order chi connectivity index (χ1) is 8.02. The Balaban J connectivity index is 2.12. The monoisotopic (exact) mass is 230 g/mol. The van der Waals surface area contributed by atoms with Crippen LogP contribution in [0.15, 0.2) is 42.2 Å². The maximum absolute atomic E-state index is 11.9. The van der Waals surface area contributed by atoms with E-state index in [9.17, 15) is 4.79 Å². The van der Waals surface area contributed by atoms with E-state index in [2.05, 4.69) is 0 Å². The van der Waals surface area contributed by atoms with Gasteiger partial charge in [-0.05, 0) is 12.5 Å². The fourth-order valence-electron chi connectivity index (χ4n) is 1.93.